The molecule has 18 heavy (non-hydrogen) atoms. The molecule has 2 rings (SSSR count). The molecule has 0 spiro atoms. The molecule has 3 nitrogen and oxygen atoms in total. The number of ether oxygens (including phenoxy) is 1. The molecule has 0 amide bonds. The van der Waals surface area contributed by atoms with Crippen molar-refractivity contribution in [1.29, 1.82) is 0 Å². The fourth-order valence-electron chi connectivity index (χ4n) is 1.66. The molecule has 0 atom stereocenters. The van der Waals surface area contributed by atoms with Crippen LogP contribution < -0.4 is 4.74 Å². The van der Waals surface area contributed by atoms with Gasteiger partial charge in [-0.3, -0.25) is 0 Å². The van der Waals surface area contributed by atoms with E-state index >= 15 is 0 Å². The lowest BCUT2D eigenvalue weighted by Crippen LogP contribution is -1.96. The average molecular weight is 262 g/mol. The Kier molecular flexibility index (Phi) is 3.99. The Hall–Kier alpha value is -1.81. The Balaban J connectivity index is 2.04. The highest BCUT2D eigenvalue weighted by atomic mass is 32.1. The van der Waals surface area contributed by atoms with Gasteiger partial charge in [0.05, 0.1) is 0 Å². The number of carboxylic acid groups (broad SMARTS) is 1. The molecule has 1 aromatic heterocycles. The van der Waals surface area contributed by atoms with Crippen LogP contribution in [0.1, 0.15) is 27.0 Å². The third-order valence-electron chi connectivity index (χ3n) is 2.60. The number of benzene rings is 1. The maximum Gasteiger partial charge on any atom is 0.345 e. The van der Waals surface area contributed by atoms with E-state index in [0.29, 0.717) is 11.5 Å². The van der Waals surface area contributed by atoms with Gasteiger partial charge in [0.2, 0.25) is 0 Å². The van der Waals surface area contributed by atoms with Gasteiger partial charge < -0.3 is 9.84 Å². The number of hydrogen-bond donors (Lipinski definition) is 1. The summed E-state index contributed by atoms with van der Waals surface area (Å²) >= 11 is 1.25. The van der Waals surface area contributed by atoms with Crippen LogP contribution in [0.4, 0.5) is 0 Å². The Morgan fingerprint density at radius 1 is 1.28 bits per heavy atom. The largest absolute Gasteiger partial charge is 0.488 e. The molecule has 1 heterocycles. The second-order valence-electron chi connectivity index (χ2n) is 3.82. The van der Waals surface area contributed by atoms with E-state index in [1.165, 1.54) is 11.3 Å². The van der Waals surface area contributed by atoms with Gasteiger partial charge in [0.1, 0.15) is 17.2 Å². The standard InChI is InChI=1S/C14H14O3S/c1-2-10-5-3-4-6-12(10)17-9-11-7-8-13(18-11)14(15)16/h3-8H,2,9H2,1H3,(H,15,16). The number of para-hydroxylation sites is 1. The molecule has 0 aliphatic carbocycles. The normalized spacial score (nSPS) is 10.3. The molecular weight excluding hydrogens is 248 g/mol. The number of rotatable bonds is 5. The third-order valence-corrected chi connectivity index (χ3v) is 3.64. The van der Waals surface area contributed by atoms with E-state index in [0.717, 1.165) is 22.6 Å². The fraction of sp³-hybridized carbons (Fsp3) is 0.214. The molecule has 0 aliphatic rings. The van der Waals surface area contributed by atoms with E-state index in [4.69, 9.17) is 9.84 Å². The van der Waals surface area contributed by atoms with Gasteiger partial charge in [-0.05, 0) is 30.2 Å². The number of carbonyl (C=O) groups is 1. The van der Waals surface area contributed by atoms with Crippen molar-refractivity contribution in [3.8, 4) is 5.75 Å². The van der Waals surface area contributed by atoms with Crippen LogP contribution in [0.5, 0.6) is 5.75 Å². The van der Waals surface area contributed by atoms with Crippen LogP contribution in [0.15, 0.2) is 36.4 Å². The molecule has 0 saturated heterocycles. The predicted octanol–water partition coefficient (Wildman–Crippen LogP) is 3.59. The van der Waals surface area contributed by atoms with E-state index < -0.39 is 5.97 Å². The fourth-order valence-corrected chi connectivity index (χ4v) is 2.42. The average Bonchev–Trinajstić information content (AvgIpc) is 2.85. The lowest BCUT2D eigenvalue weighted by Gasteiger charge is -2.08. The van der Waals surface area contributed by atoms with Crippen LogP contribution in [0.3, 0.4) is 0 Å². The summed E-state index contributed by atoms with van der Waals surface area (Å²) in [4.78, 5) is 12.0. The molecule has 2 aromatic rings. The molecule has 4 heteroatoms. The minimum absolute atomic E-state index is 0.345. The molecular formula is C14H14O3S. The van der Waals surface area contributed by atoms with Crippen molar-refractivity contribution in [3.63, 3.8) is 0 Å². The zero-order valence-corrected chi connectivity index (χ0v) is 10.9. The van der Waals surface area contributed by atoms with Crippen LogP contribution in [-0.4, -0.2) is 11.1 Å². The number of thiophene rings is 1. The second kappa shape index (κ2) is 5.69. The van der Waals surface area contributed by atoms with Gasteiger partial charge in [-0.15, -0.1) is 11.3 Å². The lowest BCUT2D eigenvalue weighted by atomic mass is 10.1. The van der Waals surface area contributed by atoms with Gasteiger partial charge in [0.25, 0.3) is 0 Å². The van der Waals surface area contributed by atoms with Crippen molar-refractivity contribution in [2.24, 2.45) is 0 Å². The summed E-state index contributed by atoms with van der Waals surface area (Å²) in [5.74, 6) is -0.0227. The van der Waals surface area contributed by atoms with Gasteiger partial charge in [0.15, 0.2) is 0 Å². The highest BCUT2D eigenvalue weighted by Crippen LogP contribution is 2.22. The Morgan fingerprint density at radius 2 is 2.06 bits per heavy atom. The maximum absolute atomic E-state index is 10.8. The predicted molar refractivity (Wildman–Crippen MR) is 71.4 cm³/mol. The molecule has 1 N–H and O–H groups in total. The summed E-state index contributed by atoms with van der Waals surface area (Å²) in [6.07, 6.45) is 0.918. The van der Waals surface area contributed by atoms with Crippen LogP contribution in [0.25, 0.3) is 0 Å². The zero-order chi connectivity index (χ0) is 13.0. The number of aryl methyl sites for hydroxylation is 1. The summed E-state index contributed by atoms with van der Waals surface area (Å²) in [7, 11) is 0. The van der Waals surface area contributed by atoms with Crippen molar-refractivity contribution in [1.82, 2.24) is 0 Å². The quantitative estimate of drug-likeness (QED) is 0.895. The van der Waals surface area contributed by atoms with Crippen molar-refractivity contribution < 1.29 is 14.6 Å². The highest BCUT2D eigenvalue weighted by Gasteiger charge is 2.08. The highest BCUT2D eigenvalue weighted by molar-refractivity contribution is 7.13. The molecule has 0 unspecified atom stereocenters. The minimum atomic E-state index is -0.889. The summed E-state index contributed by atoms with van der Waals surface area (Å²) in [5.41, 5.74) is 1.16. The first-order chi connectivity index (χ1) is 8.70. The van der Waals surface area contributed by atoms with E-state index in [9.17, 15) is 4.79 Å². The van der Waals surface area contributed by atoms with E-state index in [-0.39, 0.29) is 0 Å². The number of hydrogen-bond acceptors (Lipinski definition) is 3. The summed E-state index contributed by atoms with van der Waals surface area (Å²) in [5, 5.41) is 8.84. The summed E-state index contributed by atoms with van der Waals surface area (Å²) < 4.78 is 5.72. The second-order valence-corrected chi connectivity index (χ2v) is 4.99. The van der Waals surface area contributed by atoms with Gasteiger partial charge in [-0.25, -0.2) is 4.79 Å². The Labute approximate surface area is 110 Å². The van der Waals surface area contributed by atoms with Gasteiger partial charge in [0, 0.05) is 4.88 Å². The molecule has 0 bridgehead atoms. The smallest absolute Gasteiger partial charge is 0.345 e. The Morgan fingerprint density at radius 3 is 2.72 bits per heavy atom. The van der Waals surface area contributed by atoms with Crippen molar-refractivity contribution in [3.05, 3.63) is 51.7 Å². The number of carboxylic acids is 1. The van der Waals surface area contributed by atoms with Crippen LogP contribution in [-0.2, 0) is 13.0 Å². The molecule has 94 valence electrons. The van der Waals surface area contributed by atoms with Gasteiger partial charge in [-0.2, -0.15) is 0 Å². The van der Waals surface area contributed by atoms with Crippen LogP contribution >= 0.6 is 11.3 Å². The first kappa shape index (κ1) is 12.6. The first-order valence-electron chi connectivity index (χ1n) is 5.73. The Bertz CT molecular complexity index is 545. The topological polar surface area (TPSA) is 46.5 Å². The summed E-state index contributed by atoms with van der Waals surface area (Å²) in [6, 6.07) is 11.3. The zero-order valence-electron chi connectivity index (χ0n) is 10.1. The summed E-state index contributed by atoms with van der Waals surface area (Å²) in [6.45, 7) is 2.49. The molecule has 0 aliphatic heterocycles. The van der Waals surface area contributed by atoms with Gasteiger partial charge >= 0.3 is 5.97 Å². The van der Waals surface area contributed by atoms with E-state index in [2.05, 4.69) is 6.92 Å². The van der Waals surface area contributed by atoms with Crippen LogP contribution in [0, 0.1) is 0 Å². The van der Waals surface area contributed by atoms with Crippen molar-refractivity contribution in [2.75, 3.05) is 0 Å². The van der Waals surface area contributed by atoms with E-state index in [1.54, 1.807) is 12.1 Å². The van der Waals surface area contributed by atoms with Crippen molar-refractivity contribution >= 4 is 17.3 Å². The van der Waals surface area contributed by atoms with Crippen LogP contribution in [0.2, 0.25) is 0 Å². The maximum atomic E-state index is 10.8. The van der Waals surface area contributed by atoms with Gasteiger partial charge in [-0.1, -0.05) is 25.1 Å². The third kappa shape index (κ3) is 2.90. The van der Waals surface area contributed by atoms with Crippen molar-refractivity contribution in [2.45, 2.75) is 20.0 Å². The monoisotopic (exact) mass is 262 g/mol. The SMILES string of the molecule is CCc1ccccc1OCc1ccc(C(=O)O)s1. The number of aromatic carboxylic acids is 1. The molecule has 1 aromatic carbocycles. The molecule has 0 fully saturated rings. The van der Waals surface area contributed by atoms with E-state index in [1.807, 2.05) is 24.3 Å². The first-order valence-corrected chi connectivity index (χ1v) is 6.55. The minimum Gasteiger partial charge on any atom is -0.488 e. The lowest BCUT2D eigenvalue weighted by molar-refractivity contribution is 0.0702. The molecule has 0 radical (unpaired) electrons. The molecule has 0 saturated carbocycles.